The zero-order chi connectivity index (χ0) is 14.1. The van der Waals surface area contributed by atoms with Gasteiger partial charge in [0.05, 0.1) is 10.5 Å². The van der Waals surface area contributed by atoms with Crippen LogP contribution < -0.4 is 0 Å². The first kappa shape index (κ1) is 14.5. The number of hydrogen-bond acceptors (Lipinski definition) is 3. The van der Waals surface area contributed by atoms with Crippen LogP contribution in [-0.4, -0.2) is 14.0 Å². The molecule has 1 saturated carbocycles. The van der Waals surface area contributed by atoms with E-state index in [2.05, 4.69) is 0 Å². The van der Waals surface area contributed by atoms with Crippen molar-refractivity contribution >= 4 is 10.1 Å². The summed E-state index contributed by atoms with van der Waals surface area (Å²) in [5.74, 6) is 0. The summed E-state index contributed by atoms with van der Waals surface area (Å²) < 4.78 is 30.4. The predicted molar refractivity (Wildman–Crippen MR) is 75.7 cm³/mol. The lowest BCUT2D eigenvalue weighted by Crippen LogP contribution is -2.34. The van der Waals surface area contributed by atoms with Crippen LogP contribution in [0.25, 0.3) is 0 Å². The van der Waals surface area contributed by atoms with Gasteiger partial charge >= 0.3 is 0 Å². The number of rotatable bonds is 3. The maximum atomic E-state index is 12.4. The molecule has 106 valence electrons. The van der Waals surface area contributed by atoms with Crippen LogP contribution in [0.4, 0.5) is 0 Å². The van der Waals surface area contributed by atoms with Gasteiger partial charge in [-0.2, -0.15) is 8.42 Å². The molecule has 1 aliphatic rings. The van der Waals surface area contributed by atoms with Crippen molar-refractivity contribution in [3.63, 3.8) is 0 Å². The van der Waals surface area contributed by atoms with Crippen LogP contribution in [0.5, 0.6) is 0 Å². The van der Waals surface area contributed by atoms with Gasteiger partial charge in [-0.05, 0) is 45.2 Å². The van der Waals surface area contributed by atoms with Crippen LogP contribution in [0.3, 0.4) is 0 Å². The van der Waals surface area contributed by atoms with Crippen molar-refractivity contribution in [3.05, 3.63) is 29.3 Å². The first-order valence-corrected chi connectivity index (χ1v) is 8.26. The molecular weight excluding hydrogens is 260 g/mol. The highest BCUT2D eigenvalue weighted by Crippen LogP contribution is 2.34. The molecule has 0 aromatic heterocycles. The Morgan fingerprint density at radius 1 is 1.11 bits per heavy atom. The third-order valence-corrected chi connectivity index (χ3v) is 5.44. The summed E-state index contributed by atoms with van der Waals surface area (Å²) in [5, 5.41) is 0. The molecule has 0 amide bonds. The van der Waals surface area contributed by atoms with E-state index in [0.717, 1.165) is 36.8 Å². The van der Waals surface area contributed by atoms with E-state index in [-0.39, 0.29) is 0 Å². The molecule has 2 rings (SSSR count). The maximum Gasteiger partial charge on any atom is 0.297 e. The average molecular weight is 282 g/mol. The van der Waals surface area contributed by atoms with Gasteiger partial charge in [0.25, 0.3) is 10.1 Å². The van der Waals surface area contributed by atoms with E-state index < -0.39 is 15.7 Å². The lowest BCUT2D eigenvalue weighted by atomic mass is 9.87. The molecule has 3 nitrogen and oxygen atoms in total. The minimum atomic E-state index is -3.67. The molecule has 1 aromatic rings. The second kappa shape index (κ2) is 5.25. The van der Waals surface area contributed by atoms with Crippen molar-refractivity contribution in [2.75, 3.05) is 0 Å². The van der Waals surface area contributed by atoms with Crippen molar-refractivity contribution in [2.24, 2.45) is 0 Å². The van der Waals surface area contributed by atoms with E-state index in [9.17, 15) is 8.42 Å². The van der Waals surface area contributed by atoms with Crippen molar-refractivity contribution in [2.45, 2.75) is 63.4 Å². The molecule has 0 aliphatic heterocycles. The highest BCUT2D eigenvalue weighted by Gasteiger charge is 2.34. The number of hydrogen-bond donors (Lipinski definition) is 0. The zero-order valence-corrected chi connectivity index (χ0v) is 12.7. The number of benzene rings is 1. The first-order chi connectivity index (χ1) is 8.82. The van der Waals surface area contributed by atoms with Crippen LogP contribution in [0, 0.1) is 13.8 Å². The lowest BCUT2D eigenvalue weighted by Gasteiger charge is -2.32. The molecule has 4 heteroatoms. The number of aryl methyl sites for hydroxylation is 2. The van der Waals surface area contributed by atoms with E-state index in [1.807, 2.05) is 32.9 Å². The second-order valence-corrected chi connectivity index (χ2v) is 7.33. The van der Waals surface area contributed by atoms with Crippen molar-refractivity contribution in [1.82, 2.24) is 0 Å². The molecule has 0 atom stereocenters. The highest BCUT2D eigenvalue weighted by atomic mass is 32.2. The molecule has 0 heterocycles. The Labute approximate surface area is 116 Å². The Kier molecular flexibility index (Phi) is 4.02. The molecule has 0 bridgehead atoms. The smallest absolute Gasteiger partial charge is 0.260 e. The summed E-state index contributed by atoms with van der Waals surface area (Å²) in [6, 6.07) is 5.33. The molecular formula is C15H22O3S. The van der Waals surface area contributed by atoms with Crippen LogP contribution >= 0.6 is 0 Å². The fourth-order valence-electron chi connectivity index (χ4n) is 2.77. The van der Waals surface area contributed by atoms with E-state index >= 15 is 0 Å². The fraction of sp³-hybridized carbons (Fsp3) is 0.600. The van der Waals surface area contributed by atoms with Gasteiger partial charge in [-0.3, -0.25) is 4.18 Å². The van der Waals surface area contributed by atoms with Gasteiger partial charge in [0.1, 0.15) is 0 Å². The van der Waals surface area contributed by atoms with Gasteiger partial charge in [0, 0.05) is 0 Å². The normalized spacial score (nSPS) is 19.3. The summed E-state index contributed by atoms with van der Waals surface area (Å²) >= 11 is 0. The van der Waals surface area contributed by atoms with Gasteiger partial charge in [-0.1, -0.05) is 37.0 Å². The molecule has 0 N–H and O–H groups in total. The van der Waals surface area contributed by atoms with Crippen molar-refractivity contribution in [1.29, 1.82) is 0 Å². The fourth-order valence-corrected chi connectivity index (χ4v) is 4.25. The second-order valence-electron chi connectivity index (χ2n) is 5.82. The van der Waals surface area contributed by atoms with Crippen molar-refractivity contribution < 1.29 is 12.6 Å². The van der Waals surface area contributed by atoms with E-state index in [1.54, 1.807) is 6.07 Å². The third-order valence-electron chi connectivity index (χ3n) is 3.82. The van der Waals surface area contributed by atoms with Crippen LogP contribution in [0.1, 0.15) is 50.2 Å². The summed E-state index contributed by atoms with van der Waals surface area (Å²) in [6.45, 7) is 5.67. The van der Waals surface area contributed by atoms with Gasteiger partial charge in [0.2, 0.25) is 0 Å². The minimum absolute atomic E-state index is 0.296. The molecule has 1 fully saturated rings. The Morgan fingerprint density at radius 2 is 1.74 bits per heavy atom. The Morgan fingerprint density at radius 3 is 2.32 bits per heavy atom. The van der Waals surface area contributed by atoms with E-state index in [1.165, 1.54) is 6.42 Å². The van der Waals surface area contributed by atoms with Crippen molar-refractivity contribution in [3.8, 4) is 0 Å². The summed E-state index contributed by atoms with van der Waals surface area (Å²) in [5.41, 5.74) is 1.27. The largest absolute Gasteiger partial charge is 0.297 e. The maximum absolute atomic E-state index is 12.4. The van der Waals surface area contributed by atoms with Crippen LogP contribution in [0.15, 0.2) is 23.1 Å². The molecule has 0 radical (unpaired) electrons. The van der Waals surface area contributed by atoms with Crippen LogP contribution in [0.2, 0.25) is 0 Å². The average Bonchev–Trinajstić information content (AvgIpc) is 2.27. The molecule has 0 spiro atoms. The molecule has 1 aliphatic carbocycles. The monoisotopic (exact) mass is 282 g/mol. The topological polar surface area (TPSA) is 43.4 Å². The van der Waals surface area contributed by atoms with Gasteiger partial charge in [0.15, 0.2) is 0 Å². The van der Waals surface area contributed by atoms with Crippen LogP contribution in [-0.2, 0) is 14.3 Å². The summed E-state index contributed by atoms with van der Waals surface area (Å²) in [7, 11) is -3.67. The van der Waals surface area contributed by atoms with E-state index in [0.29, 0.717) is 4.90 Å². The predicted octanol–water partition coefficient (Wildman–Crippen LogP) is 3.73. The Balaban J connectivity index is 2.27. The highest BCUT2D eigenvalue weighted by molar-refractivity contribution is 7.86. The molecule has 1 aromatic carbocycles. The summed E-state index contributed by atoms with van der Waals surface area (Å²) in [4.78, 5) is 0.296. The first-order valence-electron chi connectivity index (χ1n) is 6.85. The molecule has 0 unspecified atom stereocenters. The third kappa shape index (κ3) is 3.37. The quantitative estimate of drug-likeness (QED) is 0.793. The minimum Gasteiger partial charge on any atom is -0.260 e. The molecule has 0 saturated heterocycles. The Bertz CT molecular complexity index is 555. The SMILES string of the molecule is Cc1ccc(S(=O)(=O)OC2(C)CCCCC2)c(C)c1. The zero-order valence-electron chi connectivity index (χ0n) is 11.9. The van der Waals surface area contributed by atoms with Gasteiger partial charge in [-0.25, -0.2) is 0 Å². The Hall–Kier alpha value is -0.870. The van der Waals surface area contributed by atoms with Gasteiger partial charge < -0.3 is 0 Å². The lowest BCUT2D eigenvalue weighted by molar-refractivity contribution is 0.0558. The van der Waals surface area contributed by atoms with E-state index in [4.69, 9.17) is 4.18 Å². The van der Waals surface area contributed by atoms with Gasteiger partial charge in [-0.15, -0.1) is 0 Å². The summed E-state index contributed by atoms with van der Waals surface area (Å²) in [6.07, 6.45) is 4.88. The molecule has 19 heavy (non-hydrogen) atoms. The standard InChI is InChI=1S/C15H22O3S/c1-12-7-8-14(13(2)11-12)19(16,17)18-15(3)9-5-4-6-10-15/h7-8,11H,4-6,9-10H2,1-3H3.